The van der Waals surface area contributed by atoms with Gasteiger partial charge in [0.05, 0.1) is 13.5 Å². The van der Waals surface area contributed by atoms with Crippen molar-refractivity contribution in [2.24, 2.45) is 17.1 Å². The first-order chi connectivity index (χ1) is 9.42. The van der Waals surface area contributed by atoms with Gasteiger partial charge < -0.3 is 15.4 Å². The van der Waals surface area contributed by atoms with Crippen molar-refractivity contribution in [1.82, 2.24) is 4.90 Å². The molecule has 0 bridgehead atoms. The lowest BCUT2D eigenvalue weighted by atomic mass is 9.66. The topological polar surface area (TPSA) is 72.6 Å². The van der Waals surface area contributed by atoms with Crippen LogP contribution in [-0.2, 0) is 14.3 Å². The molecule has 2 N–H and O–H groups in total. The van der Waals surface area contributed by atoms with Crippen molar-refractivity contribution in [2.45, 2.75) is 46.0 Å². The summed E-state index contributed by atoms with van der Waals surface area (Å²) in [6.07, 6.45) is 4.02. The van der Waals surface area contributed by atoms with Gasteiger partial charge >= 0.3 is 5.97 Å². The van der Waals surface area contributed by atoms with Gasteiger partial charge in [-0.05, 0) is 30.7 Å². The van der Waals surface area contributed by atoms with Crippen LogP contribution in [0.4, 0.5) is 0 Å². The Morgan fingerprint density at radius 1 is 1.35 bits per heavy atom. The van der Waals surface area contributed by atoms with E-state index in [4.69, 9.17) is 5.73 Å². The van der Waals surface area contributed by atoms with E-state index in [0.29, 0.717) is 32.0 Å². The van der Waals surface area contributed by atoms with Gasteiger partial charge in [0.25, 0.3) is 0 Å². The predicted octanol–water partition coefficient (Wildman–Crippen LogP) is 1.55. The fourth-order valence-corrected chi connectivity index (χ4v) is 2.65. The number of carbonyl (C=O) groups excluding carboxylic acids is 2. The monoisotopic (exact) mass is 284 g/mol. The summed E-state index contributed by atoms with van der Waals surface area (Å²) in [6, 6.07) is 0. The molecule has 0 aromatic heterocycles. The quantitative estimate of drug-likeness (QED) is 0.686. The zero-order valence-electron chi connectivity index (χ0n) is 13.0. The zero-order valence-corrected chi connectivity index (χ0v) is 13.0. The summed E-state index contributed by atoms with van der Waals surface area (Å²) in [4.78, 5) is 25.5. The van der Waals surface area contributed by atoms with E-state index in [1.165, 1.54) is 7.11 Å². The van der Waals surface area contributed by atoms with Crippen LogP contribution in [0, 0.1) is 11.3 Å². The molecule has 1 saturated carbocycles. The molecule has 0 spiro atoms. The van der Waals surface area contributed by atoms with Gasteiger partial charge in [0.2, 0.25) is 5.91 Å². The van der Waals surface area contributed by atoms with Crippen LogP contribution >= 0.6 is 0 Å². The summed E-state index contributed by atoms with van der Waals surface area (Å²) in [6.45, 7) is 5.83. The summed E-state index contributed by atoms with van der Waals surface area (Å²) in [5.74, 6) is 0.225. The number of carbonyl (C=O) groups is 2. The van der Waals surface area contributed by atoms with Crippen LogP contribution in [0.3, 0.4) is 0 Å². The van der Waals surface area contributed by atoms with E-state index in [2.05, 4.69) is 18.6 Å². The molecule has 20 heavy (non-hydrogen) atoms. The molecule has 5 heteroatoms. The van der Waals surface area contributed by atoms with Crippen molar-refractivity contribution in [3.8, 4) is 0 Å². The van der Waals surface area contributed by atoms with Gasteiger partial charge in [0.1, 0.15) is 0 Å². The minimum Gasteiger partial charge on any atom is -0.469 e. The summed E-state index contributed by atoms with van der Waals surface area (Å²) >= 11 is 0. The number of ether oxygens (including phenoxy) is 1. The van der Waals surface area contributed by atoms with Gasteiger partial charge in [-0.25, -0.2) is 0 Å². The van der Waals surface area contributed by atoms with Crippen molar-refractivity contribution in [3.05, 3.63) is 0 Å². The number of nitrogens with two attached hydrogens (primary N) is 1. The first-order valence-electron chi connectivity index (χ1n) is 7.47. The number of nitrogens with zero attached hydrogens (tertiary/aromatic N) is 1. The van der Waals surface area contributed by atoms with Gasteiger partial charge in [0, 0.05) is 19.5 Å². The predicted molar refractivity (Wildman–Crippen MR) is 78.0 cm³/mol. The Labute approximate surface area is 121 Å². The van der Waals surface area contributed by atoms with E-state index in [9.17, 15) is 9.59 Å². The average molecular weight is 284 g/mol. The highest BCUT2D eigenvalue weighted by Crippen LogP contribution is 2.43. The number of esters is 1. The average Bonchev–Trinajstić information content (AvgIpc) is 2.37. The molecule has 0 aromatic rings. The van der Waals surface area contributed by atoms with E-state index in [1.807, 2.05) is 0 Å². The molecule has 1 aliphatic rings. The third-order valence-electron chi connectivity index (χ3n) is 4.13. The Morgan fingerprint density at radius 3 is 2.40 bits per heavy atom. The third-order valence-corrected chi connectivity index (χ3v) is 4.13. The molecule has 1 aliphatic carbocycles. The van der Waals surface area contributed by atoms with Crippen molar-refractivity contribution in [3.63, 3.8) is 0 Å². The van der Waals surface area contributed by atoms with Crippen LogP contribution in [-0.4, -0.2) is 43.5 Å². The largest absolute Gasteiger partial charge is 0.469 e. The first-order valence-corrected chi connectivity index (χ1v) is 7.47. The number of amides is 1. The van der Waals surface area contributed by atoms with Gasteiger partial charge in [-0.2, -0.15) is 0 Å². The van der Waals surface area contributed by atoms with Crippen LogP contribution in [0.1, 0.15) is 46.0 Å². The van der Waals surface area contributed by atoms with Crippen LogP contribution in [0.25, 0.3) is 0 Å². The summed E-state index contributed by atoms with van der Waals surface area (Å²) in [5, 5.41) is 0. The maximum absolute atomic E-state index is 12.5. The molecule has 0 aliphatic heterocycles. The Bertz CT molecular complexity index is 333. The summed E-state index contributed by atoms with van der Waals surface area (Å²) < 4.78 is 4.64. The first kappa shape index (κ1) is 17.0. The van der Waals surface area contributed by atoms with E-state index >= 15 is 0 Å². The molecular formula is C15H28N2O3. The number of hydrogen-bond acceptors (Lipinski definition) is 4. The van der Waals surface area contributed by atoms with Gasteiger partial charge in [-0.3, -0.25) is 9.59 Å². The fraction of sp³-hybridized carbons (Fsp3) is 0.867. The highest BCUT2D eigenvalue weighted by atomic mass is 16.5. The van der Waals surface area contributed by atoms with E-state index in [-0.39, 0.29) is 23.7 Å². The minimum atomic E-state index is -0.274. The van der Waals surface area contributed by atoms with Crippen LogP contribution in [0.5, 0.6) is 0 Å². The van der Waals surface area contributed by atoms with Crippen LogP contribution in [0.2, 0.25) is 0 Å². The van der Waals surface area contributed by atoms with Crippen molar-refractivity contribution < 1.29 is 14.3 Å². The fourth-order valence-electron chi connectivity index (χ4n) is 2.65. The molecule has 1 rings (SSSR count). The van der Waals surface area contributed by atoms with E-state index in [0.717, 1.165) is 19.3 Å². The maximum atomic E-state index is 12.5. The molecule has 0 radical (unpaired) electrons. The van der Waals surface area contributed by atoms with Crippen LogP contribution < -0.4 is 5.73 Å². The van der Waals surface area contributed by atoms with Gasteiger partial charge in [-0.15, -0.1) is 0 Å². The molecule has 1 amide bonds. The molecular weight excluding hydrogens is 256 g/mol. The number of rotatable bonds is 8. The van der Waals surface area contributed by atoms with Crippen molar-refractivity contribution in [2.75, 3.05) is 26.7 Å². The molecule has 116 valence electrons. The Morgan fingerprint density at radius 2 is 2.00 bits per heavy atom. The number of methoxy groups -OCH3 is 1. The lowest BCUT2D eigenvalue weighted by Gasteiger charge is -2.41. The van der Waals surface area contributed by atoms with Gasteiger partial charge in [-0.1, -0.05) is 20.3 Å². The molecule has 0 aromatic carbocycles. The van der Waals surface area contributed by atoms with Gasteiger partial charge in [0.15, 0.2) is 0 Å². The van der Waals surface area contributed by atoms with Crippen LogP contribution in [0.15, 0.2) is 0 Å². The number of hydrogen-bond donors (Lipinski definition) is 1. The SMILES string of the molecule is COC(=O)CCN(CC(C)C)C(=O)CC1(CN)CCC1. The summed E-state index contributed by atoms with van der Waals surface area (Å²) in [7, 11) is 1.37. The molecule has 1 fully saturated rings. The third kappa shape index (κ3) is 4.78. The van der Waals surface area contributed by atoms with E-state index in [1.54, 1.807) is 4.90 Å². The Kier molecular flexibility index (Phi) is 6.46. The zero-order chi connectivity index (χ0) is 15.2. The summed E-state index contributed by atoms with van der Waals surface area (Å²) in [5.41, 5.74) is 5.83. The minimum absolute atomic E-state index is 0.0115. The standard InChI is InChI=1S/C15H28N2O3/c1-12(2)10-17(8-5-14(19)20-3)13(18)9-15(11-16)6-4-7-15/h12H,4-11,16H2,1-3H3. The normalized spacial score (nSPS) is 16.6. The second kappa shape index (κ2) is 7.62. The molecule has 5 nitrogen and oxygen atoms in total. The Balaban J connectivity index is 2.56. The van der Waals surface area contributed by atoms with Crippen molar-refractivity contribution >= 4 is 11.9 Å². The van der Waals surface area contributed by atoms with E-state index < -0.39 is 0 Å². The second-order valence-corrected chi connectivity index (χ2v) is 6.29. The maximum Gasteiger partial charge on any atom is 0.307 e. The molecule has 0 unspecified atom stereocenters. The lowest BCUT2D eigenvalue weighted by molar-refractivity contribution is -0.142. The molecule has 0 atom stereocenters. The lowest BCUT2D eigenvalue weighted by Crippen LogP contribution is -2.44. The highest BCUT2D eigenvalue weighted by molar-refractivity contribution is 5.78. The Hall–Kier alpha value is -1.10. The smallest absolute Gasteiger partial charge is 0.307 e. The van der Waals surface area contributed by atoms with Crippen molar-refractivity contribution in [1.29, 1.82) is 0 Å². The molecule has 0 heterocycles. The second-order valence-electron chi connectivity index (χ2n) is 6.29. The molecule has 0 saturated heterocycles. The highest BCUT2D eigenvalue weighted by Gasteiger charge is 2.38.